The summed E-state index contributed by atoms with van der Waals surface area (Å²) in [7, 11) is 1.60. The van der Waals surface area contributed by atoms with Crippen LogP contribution in [-0.2, 0) is 6.42 Å². The van der Waals surface area contributed by atoms with Gasteiger partial charge in [0.05, 0.1) is 7.11 Å². The van der Waals surface area contributed by atoms with E-state index in [0.717, 1.165) is 11.5 Å². The molecule has 102 valence electrons. The van der Waals surface area contributed by atoms with Gasteiger partial charge in [-0.3, -0.25) is 0 Å². The molecule has 0 bridgehead atoms. The summed E-state index contributed by atoms with van der Waals surface area (Å²) in [5.74, 6) is 1.33. The summed E-state index contributed by atoms with van der Waals surface area (Å²) in [5.41, 5.74) is 3.27. The number of benzene rings is 1. The van der Waals surface area contributed by atoms with Crippen LogP contribution in [0.25, 0.3) is 11.3 Å². The van der Waals surface area contributed by atoms with Crippen LogP contribution in [0.4, 0.5) is 0 Å². The summed E-state index contributed by atoms with van der Waals surface area (Å²) in [6, 6.07) is 8.33. The monoisotopic (exact) mass is 380 g/mol. The summed E-state index contributed by atoms with van der Waals surface area (Å²) in [5, 5.41) is 0. The van der Waals surface area contributed by atoms with Gasteiger partial charge in [0.1, 0.15) is 11.5 Å². The molecule has 0 fully saturated rings. The van der Waals surface area contributed by atoms with Gasteiger partial charge in [0.15, 0.2) is 5.65 Å². The van der Waals surface area contributed by atoms with Gasteiger partial charge in [-0.1, -0.05) is 12.1 Å². The average molecular weight is 380 g/mol. The SMILES string of the molecule is COc1nc2nc(C)[nH]c2nc1Cc1ccc(I)cc1. The third-order valence-corrected chi connectivity index (χ3v) is 3.68. The van der Waals surface area contributed by atoms with Crippen molar-refractivity contribution in [2.75, 3.05) is 7.11 Å². The van der Waals surface area contributed by atoms with E-state index >= 15 is 0 Å². The van der Waals surface area contributed by atoms with Crippen molar-refractivity contribution in [3.05, 3.63) is 44.9 Å². The molecule has 0 aliphatic heterocycles. The summed E-state index contributed by atoms with van der Waals surface area (Å²) in [6.45, 7) is 1.88. The molecule has 3 rings (SSSR count). The number of rotatable bonds is 3. The molecule has 1 N–H and O–H groups in total. The van der Waals surface area contributed by atoms with Gasteiger partial charge in [-0.2, -0.15) is 4.98 Å². The van der Waals surface area contributed by atoms with Crippen LogP contribution < -0.4 is 4.74 Å². The number of hydrogen-bond acceptors (Lipinski definition) is 4. The number of fused-ring (bicyclic) bond motifs is 1. The Morgan fingerprint density at radius 1 is 1.15 bits per heavy atom. The minimum absolute atomic E-state index is 0.530. The van der Waals surface area contributed by atoms with E-state index in [1.807, 2.05) is 6.92 Å². The van der Waals surface area contributed by atoms with Crippen molar-refractivity contribution < 1.29 is 4.74 Å². The predicted molar refractivity (Wildman–Crippen MR) is 84.9 cm³/mol. The first-order chi connectivity index (χ1) is 9.65. The van der Waals surface area contributed by atoms with Gasteiger partial charge in [-0.15, -0.1) is 0 Å². The van der Waals surface area contributed by atoms with Crippen molar-refractivity contribution in [1.82, 2.24) is 19.9 Å². The predicted octanol–water partition coefficient (Wildman–Crippen LogP) is 2.87. The van der Waals surface area contributed by atoms with Crippen molar-refractivity contribution in [1.29, 1.82) is 0 Å². The average Bonchev–Trinajstić information content (AvgIpc) is 2.79. The minimum Gasteiger partial charge on any atom is -0.480 e. The molecule has 0 amide bonds. The Morgan fingerprint density at radius 2 is 1.90 bits per heavy atom. The van der Waals surface area contributed by atoms with Crippen molar-refractivity contribution >= 4 is 33.9 Å². The number of ether oxygens (including phenoxy) is 1. The van der Waals surface area contributed by atoms with Gasteiger partial charge >= 0.3 is 0 Å². The molecule has 5 nitrogen and oxygen atoms in total. The molecule has 0 atom stereocenters. The van der Waals surface area contributed by atoms with Crippen LogP contribution in [0.5, 0.6) is 5.88 Å². The molecule has 0 unspecified atom stereocenters. The Labute approximate surface area is 130 Å². The number of aromatic nitrogens is 4. The first-order valence-electron chi connectivity index (χ1n) is 6.17. The molecule has 2 aromatic heterocycles. The lowest BCUT2D eigenvalue weighted by molar-refractivity contribution is 0.392. The van der Waals surface area contributed by atoms with E-state index in [1.54, 1.807) is 7.11 Å². The first kappa shape index (κ1) is 13.3. The van der Waals surface area contributed by atoms with E-state index < -0.39 is 0 Å². The minimum atomic E-state index is 0.530. The first-order valence-corrected chi connectivity index (χ1v) is 7.25. The number of aryl methyl sites for hydroxylation is 1. The Balaban J connectivity index is 2.02. The lowest BCUT2D eigenvalue weighted by Gasteiger charge is -2.06. The number of methoxy groups -OCH3 is 1. The Kier molecular flexibility index (Phi) is 3.56. The van der Waals surface area contributed by atoms with Crippen LogP contribution in [-0.4, -0.2) is 27.0 Å². The van der Waals surface area contributed by atoms with Gasteiger partial charge in [-0.25, -0.2) is 9.97 Å². The maximum Gasteiger partial charge on any atom is 0.237 e. The van der Waals surface area contributed by atoms with Crippen LogP contribution in [0.15, 0.2) is 24.3 Å². The number of aromatic amines is 1. The summed E-state index contributed by atoms with van der Waals surface area (Å²) >= 11 is 2.29. The second-order valence-electron chi connectivity index (χ2n) is 4.48. The third-order valence-electron chi connectivity index (χ3n) is 2.96. The van der Waals surface area contributed by atoms with E-state index in [2.05, 4.69) is 66.8 Å². The zero-order valence-electron chi connectivity index (χ0n) is 11.1. The second kappa shape index (κ2) is 5.35. The molecule has 0 spiro atoms. The highest BCUT2D eigenvalue weighted by atomic mass is 127. The molecular formula is C14H13IN4O. The quantitative estimate of drug-likeness (QED) is 0.710. The maximum absolute atomic E-state index is 5.33. The number of imidazole rings is 1. The summed E-state index contributed by atoms with van der Waals surface area (Å²) in [6.07, 6.45) is 0.682. The number of halogens is 1. The highest BCUT2D eigenvalue weighted by Crippen LogP contribution is 2.20. The number of nitrogens with zero attached hydrogens (tertiary/aromatic N) is 3. The number of H-pyrrole nitrogens is 1. The fraction of sp³-hybridized carbons (Fsp3) is 0.214. The van der Waals surface area contributed by atoms with Crippen LogP contribution in [0.1, 0.15) is 17.1 Å². The zero-order valence-corrected chi connectivity index (χ0v) is 13.3. The topological polar surface area (TPSA) is 63.7 Å². The Bertz CT molecular complexity index is 752. The Morgan fingerprint density at radius 3 is 2.60 bits per heavy atom. The second-order valence-corrected chi connectivity index (χ2v) is 5.72. The normalized spacial score (nSPS) is 10.9. The molecule has 0 saturated carbocycles. The molecule has 2 heterocycles. The van der Waals surface area contributed by atoms with E-state index in [1.165, 1.54) is 9.13 Å². The highest BCUT2D eigenvalue weighted by molar-refractivity contribution is 14.1. The molecule has 0 saturated heterocycles. The van der Waals surface area contributed by atoms with Gasteiger partial charge in [0, 0.05) is 9.99 Å². The van der Waals surface area contributed by atoms with E-state index in [4.69, 9.17) is 4.74 Å². The number of nitrogens with one attached hydrogen (secondary N) is 1. The molecule has 0 aliphatic carbocycles. The largest absolute Gasteiger partial charge is 0.480 e. The van der Waals surface area contributed by atoms with Crippen LogP contribution >= 0.6 is 22.6 Å². The summed E-state index contributed by atoms with van der Waals surface area (Å²) in [4.78, 5) is 16.4. The van der Waals surface area contributed by atoms with Crippen molar-refractivity contribution in [3.8, 4) is 5.88 Å². The Hall–Kier alpha value is -1.70. The molecular weight excluding hydrogens is 367 g/mol. The highest BCUT2D eigenvalue weighted by Gasteiger charge is 2.12. The number of hydrogen-bond donors (Lipinski definition) is 1. The van der Waals surface area contributed by atoms with Gasteiger partial charge < -0.3 is 9.72 Å². The third kappa shape index (κ3) is 2.60. The molecule has 0 aliphatic rings. The molecule has 3 aromatic rings. The lowest BCUT2D eigenvalue weighted by atomic mass is 10.1. The molecule has 20 heavy (non-hydrogen) atoms. The van der Waals surface area contributed by atoms with Gasteiger partial charge in [-0.05, 0) is 47.2 Å². The van der Waals surface area contributed by atoms with Crippen LogP contribution in [0.3, 0.4) is 0 Å². The van der Waals surface area contributed by atoms with Crippen molar-refractivity contribution in [2.24, 2.45) is 0 Å². The van der Waals surface area contributed by atoms with Crippen molar-refractivity contribution in [3.63, 3.8) is 0 Å². The van der Waals surface area contributed by atoms with Gasteiger partial charge in [0.25, 0.3) is 0 Å². The fourth-order valence-corrected chi connectivity index (χ4v) is 2.40. The van der Waals surface area contributed by atoms with E-state index in [9.17, 15) is 0 Å². The zero-order chi connectivity index (χ0) is 14.1. The molecule has 1 aromatic carbocycles. The van der Waals surface area contributed by atoms with Crippen molar-refractivity contribution in [2.45, 2.75) is 13.3 Å². The standard InChI is InChI=1S/C14H13IN4O/c1-8-16-12-13(17-8)19-14(20-2)11(18-12)7-9-3-5-10(15)6-4-9/h3-6H,7H2,1-2H3,(H,16,17,18,19). The van der Waals surface area contributed by atoms with Crippen LogP contribution in [0.2, 0.25) is 0 Å². The maximum atomic E-state index is 5.33. The molecule has 0 radical (unpaired) electrons. The van der Waals surface area contributed by atoms with E-state index in [-0.39, 0.29) is 0 Å². The van der Waals surface area contributed by atoms with Crippen LogP contribution in [0, 0.1) is 10.5 Å². The lowest BCUT2D eigenvalue weighted by Crippen LogP contribution is -2.01. The summed E-state index contributed by atoms with van der Waals surface area (Å²) < 4.78 is 6.54. The fourth-order valence-electron chi connectivity index (χ4n) is 2.04. The molecule has 6 heteroatoms. The van der Waals surface area contributed by atoms with E-state index in [0.29, 0.717) is 23.6 Å². The smallest absolute Gasteiger partial charge is 0.237 e. The van der Waals surface area contributed by atoms with Gasteiger partial charge in [0.2, 0.25) is 11.5 Å².